The minimum Gasteiger partial charge on any atom is -0.484 e. The number of piperazine rings is 1. The van der Waals surface area contributed by atoms with Crippen molar-refractivity contribution in [3.05, 3.63) is 103 Å². The third kappa shape index (κ3) is 9.79. The van der Waals surface area contributed by atoms with E-state index >= 15 is 0 Å². The van der Waals surface area contributed by atoms with Gasteiger partial charge >= 0.3 is 0 Å². The Morgan fingerprint density at radius 2 is 1.56 bits per heavy atom. The first kappa shape index (κ1) is 41.5. The Hall–Kier alpha value is -6.84. The first-order valence-electron chi connectivity index (χ1n) is 22.0. The number of likely N-dealkylation sites (tertiary alicyclic amines) is 1. The molecule has 5 amide bonds. The molecular formula is C47H52N10O6. The smallest absolute Gasteiger partial charge is 0.260 e. The number of hydrogen-bond donors (Lipinski definition) is 3. The lowest BCUT2D eigenvalue weighted by Gasteiger charge is -2.37. The van der Waals surface area contributed by atoms with Crippen molar-refractivity contribution in [2.75, 3.05) is 56.1 Å². The predicted octanol–water partition coefficient (Wildman–Crippen LogP) is 4.51. The van der Waals surface area contributed by atoms with Crippen molar-refractivity contribution in [3.63, 3.8) is 0 Å². The second-order valence-electron chi connectivity index (χ2n) is 17.0. The molecule has 1 atom stereocenters. The molecule has 16 nitrogen and oxygen atoms in total. The van der Waals surface area contributed by atoms with Gasteiger partial charge in [-0.3, -0.25) is 29.3 Å². The van der Waals surface area contributed by atoms with E-state index < -0.39 is 5.92 Å². The van der Waals surface area contributed by atoms with E-state index in [0.717, 1.165) is 66.9 Å². The predicted molar refractivity (Wildman–Crippen MR) is 235 cm³/mol. The van der Waals surface area contributed by atoms with Gasteiger partial charge in [-0.25, -0.2) is 15.0 Å². The molecule has 0 bridgehead atoms. The summed E-state index contributed by atoms with van der Waals surface area (Å²) < 4.78 is 7.90. The molecular weight excluding hydrogens is 801 g/mol. The average molecular weight is 853 g/mol. The minimum absolute atomic E-state index is 0.0357. The summed E-state index contributed by atoms with van der Waals surface area (Å²) in [5.41, 5.74) is 5.17. The van der Waals surface area contributed by atoms with Crippen LogP contribution in [-0.2, 0) is 30.4 Å². The number of aromatic nitrogens is 4. The zero-order valence-electron chi connectivity index (χ0n) is 35.2. The largest absolute Gasteiger partial charge is 0.484 e. The number of hydrogen-bond acceptors (Lipinski definition) is 11. The number of nitrogens with one attached hydrogen (secondary N) is 3. The van der Waals surface area contributed by atoms with Crippen molar-refractivity contribution in [3.8, 4) is 5.75 Å². The van der Waals surface area contributed by atoms with Crippen LogP contribution in [0.15, 0.2) is 91.5 Å². The molecule has 0 unspecified atom stereocenters. The Kier molecular flexibility index (Phi) is 12.3. The second kappa shape index (κ2) is 18.6. The fraction of sp³-hybridized carbons (Fsp3) is 0.404. The zero-order valence-corrected chi connectivity index (χ0v) is 35.2. The number of benzene rings is 3. The number of imide groups is 1. The molecule has 4 aliphatic rings. The van der Waals surface area contributed by atoms with Gasteiger partial charge in [0.15, 0.2) is 23.6 Å². The molecule has 3 aromatic carbocycles. The van der Waals surface area contributed by atoms with E-state index in [1.54, 1.807) is 29.4 Å². The third-order valence-electron chi connectivity index (χ3n) is 12.9. The van der Waals surface area contributed by atoms with Crippen molar-refractivity contribution in [1.29, 1.82) is 0 Å². The molecule has 1 aliphatic carbocycles. The Morgan fingerprint density at radius 3 is 2.32 bits per heavy atom. The van der Waals surface area contributed by atoms with Crippen LogP contribution in [0.5, 0.6) is 5.75 Å². The lowest BCUT2D eigenvalue weighted by Crippen LogP contribution is -2.49. The first-order valence-corrected chi connectivity index (χ1v) is 22.0. The Bertz CT molecular complexity index is 2460. The van der Waals surface area contributed by atoms with E-state index in [1.165, 1.54) is 0 Å². The van der Waals surface area contributed by atoms with E-state index in [0.29, 0.717) is 68.9 Å². The van der Waals surface area contributed by atoms with Crippen LogP contribution in [0.1, 0.15) is 68.0 Å². The zero-order chi connectivity index (χ0) is 43.3. The molecule has 0 spiro atoms. The highest BCUT2D eigenvalue weighted by Crippen LogP contribution is 2.36. The van der Waals surface area contributed by atoms with Crippen LogP contribution in [0, 0.1) is 5.92 Å². The maximum absolute atomic E-state index is 13.4. The summed E-state index contributed by atoms with van der Waals surface area (Å²) in [6, 6.07) is 25.4. The molecule has 5 aromatic rings. The lowest BCUT2D eigenvalue weighted by atomic mass is 9.86. The van der Waals surface area contributed by atoms with Gasteiger partial charge in [-0.2, -0.15) is 0 Å². The van der Waals surface area contributed by atoms with Crippen LogP contribution < -0.4 is 25.6 Å². The fourth-order valence-electron chi connectivity index (χ4n) is 9.14. The Morgan fingerprint density at radius 1 is 0.794 bits per heavy atom. The third-order valence-corrected chi connectivity index (χ3v) is 12.9. The summed E-state index contributed by atoms with van der Waals surface area (Å²) in [5, 5.41) is 8.96. The standard InChI is InChI=1S/C47H52N10O6/c58-40-14-13-39(47(62)53-40)33-7-4-8-38(25-33)63-28-43(61)55-17-15-32(16-18-55)24-42(60)56-21-19-54(20-22-56)36-11-9-34(10-12-36)52-45-44-46(49-29-48-45)57(30-50-44)37-26-35(27-37)51-41(59)23-31-5-2-1-3-6-31/h1-12,25,29-30,32,35,37,39H,13-24,26-28H2,(H,51,59)(H,48,49,52)(H,53,58,62)/t35?,37?,39-/m0/s1. The van der Waals surface area contributed by atoms with E-state index in [9.17, 15) is 24.0 Å². The molecule has 3 N–H and O–H groups in total. The molecule has 63 heavy (non-hydrogen) atoms. The number of carbonyl (C=O) groups excluding carboxylic acids is 5. The number of piperidine rings is 2. The van der Waals surface area contributed by atoms with Gasteiger partial charge < -0.3 is 34.6 Å². The van der Waals surface area contributed by atoms with Gasteiger partial charge in [-0.05, 0) is 85.5 Å². The topological polar surface area (TPSA) is 184 Å². The van der Waals surface area contributed by atoms with Gasteiger partial charge in [0.2, 0.25) is 23.6 Å². The number of imidazole rings is 1. The van der Waals surface area contributed by atoms with Crippen LogP contribution in [0.2, 0.25) is 0 Å². The number of rotatable bonds is 13. The van der Waals surface area contributed by atoms with Crippen molar-refractivity contribution < 1.29 is 28.7 Å². The minimum atomic E-state index is -0.417. The number of fused-ring (bicyclic) bond motifs is 1. The molecule has 2 aromatic heterocycles. The SMILES string of the molecule is O=C1CC[C@@H](c2cccc(OCC(=O)N3CCC(CC(=O)N4CCN(c5ccc(Nc6ncnc7c6ncn7C6CC(NC(=O)Cc7ccccc7)C6)cc5)CC4)CC3)c2)C(=O)N1. The first-order chi connectivity index (χ1) is 30.7. The second-order valence-corrected chi connectivity index (χ2v) is 17.0. The molecule has 16 heteroatoms. The summed E-state index contributed by atoms with van der Waals surface area (Å²) in [5.74, 6) is 0.474. The van der Waals surface area contributed by atoms with Gasteiger partial charge in [-0.15, -0.1) is 0 Å². The summed E-state index contributed by atoms with van der Waals surface area (Å²) in [7, 11) is 0. The van der Waals surface area contributed by atoms with Gasteiger partial charge in [0.25, 0.3) is 5.91 Å². The highest BCUT2D eigenvalue weighted by Gasteiger charge is 2.34. The maximum Gasteiger partial charge on any atom is 0.260 e. The Balaban J connectivity index is 0.689. The van der Waals surface area contributed by atoms with E-state index in [1.807, 2.05) is 59.8 Å². The quantitative estimate of drug-likeness (QED) is 0.142. The van der Waals surface area contributed by atoms with Crippen LogP contribution >= 0.6 is 0 Å². The average Bonchev–Trinajstić information content (AvgIpc) is 3.72. The summed E-state index contributed by atoms with van der Waals surface area (Å²) >= 11 is 0. The normalized spacial score (nSPS) is 20.5. The van der Waals surface area contributed by atoms with Crippen molar-refractivity contribution in [2.24, 2.45) is 5.92 Å². The van der Waals surface area contributed by atoms with Crippen LogP contribution in [0.25, 0.3) is 11.2 Å². The molecule has 4 fully saturated rings. The van der Waals surface area contributed by atoms with Crippen molar-refractivity contribution >= 4 is 57.9 Å². The van der Waals surface area contributed by atoms with E-state index in [-0.39, 0.29) is 54.1 Å². The van der Waals surface area contributed by atoms with Crippen molar-refractivity contribution in [2.45, 2.75) is 69.4 Å². The fourth-order valence-corrected chi connectivity index (χ4v) is 9.14. The molecule has 3 saturated heterocycles. The number of amides is 5. The van der Waals surface area contributed by atoms with Gasteiger partial charge in [0.05, 0.1) is 18.7 Å². The number of carbonyl (C=O) groups is 5. The monoisotopic (exact) mass is 852 g/mol. The molecule has 1 saturated carbocycles. The molecule has 0 radical (unpaired) electrons. The molecule has 326 valence electrons. The van der Waals surface area contributed by atoms with Gasteiger partial charge in [0, 0.05) is 75.6 Å². The van der Waals surface area contributed by atoms with E-state index in [4.69, 9.17) is 4.74 Å². The van der Waals surface area contributed by atoms with Gasteiger partial charge in [0.1, 0.15) is 12.1 Å². The van der Waals surface area contributed by atoms with Crippen LogP contribution in [-0.4, -0.2) is 111 Å². The summed E-state index contributed by atoms with van der Waals surface area (Å²) in [6.45, 7) is 3.85. The number of anilines is 3. The maximum atomic E-state index is 13.4. The summed E-state index contributed by atoms with van der Waals surface area (Å²) in [6.07, 6.45) is 8.13. The van der Waals surface area contributed by atoms with Crippen LogP contribution in [0.4, 0.5) is 17.2 Å². The molecule has 9 rings (SSSR count). The highest BCUT2D eigenvalue weighted by molar-refractivity contribution is 6.01. The van der Waals surface area contributed by atoms with Gasteiger partial charge in [-0.1, -0.05) is 42.5 Å². The van der Waals surface area contributed by atoms with E-state index in [2.05, 4.69) is 52.5 Å². The summed E-state index contributed by atoms with van der Waals surface area (Å²) in [4.78, 5) is 82.6. The number of nitrogens with zero attached hydrogens (tertiary/aromatic N) is 7. The number of ether oxygens (including phenoxy) is 1. The highest BCUT2D eigenvalue weighted by atomic mass is 16.5. The lowest BCUT2D eigenvalue weighted by molar-refractivity contribution is -0.136. The molecule has 5 heterocycles. The molecule has 3 aliphatic heterocycles. The van der Waals surface area contributed by atoms with Crippen LogP contribution in [0.3, 0.4) is 0 Å². The Labute approximate surface area is 365 Å². The van der Waals surface area contributed by atoms with Crippen molar-refractivity contribution in [1.82, 2.24) is 40.0 Å².